The van der Waals surface area contributed by atoms with Crippen molar-refractivity contribution in [1.82, 2.24) is 0 Å². The van der Waals surface area contributed by atoms with Gasteiger partial charge in [-0.1, -0.05) is 51.2 Å². The molecule has 1 heterocycles. The molecule has 0 spiro atoms. The lowest BCUT2D eigenvalue weighted by Gasteiger charge is -2.36. The van der Waals surface area contributed by atoms with Gasteiger partial charge in [0, 0.05) is 45.6 Å². The number of nitrogens with one attached hydrogen (secondary N) is 1. The fourth-order valence-corrected chi connectivity index (χ4v) is 5.56. The second kappa shape index (κ2) is 12.7. The van der Waals surface area contributed by atoms with Crippen molar-refractivity contribution >= 4 is 11.4 Å². The molecule has 2 aliphatic rings. The van der Waals surface area contributed by atoms with Crippen molar-refractivity contribution in [2.45, 2.75) is 76.7 Å². The van der Waals surface area contributed by atoms with E-state index in [2.05, 4.69) is 5.32 Å². The maximum absolute atomic E-state index is 12.6. The molecule has 1 saturated carbocycles. The first kappa shape index (κ1) is 26.6. The van der Waals surface area contributed by atoms with E-state index in [4.69, 9.17) is 19.9 Å². The van der Waals surface area contributed by atoms with Crippen LogP contribution in [-0.4, -0.2) is 51.8 Å². The van der Waals surface area contributed by atoms with Gasteiger partial charge in [-0.3, -0.25) is 9.59 Å². The van der Waals surface area contributed by atoms with Crippen LogP contribution in [0.2, 0.25) is 0 Å². The quantitative estimate of drug-likeness (QED) is 0.339. The van der Waals surface area contributed by atoms with Gasteiger partial charge < -0.3 is 30.2 Å². The highest BCUT2D eigenvalue weighted by atomic mass is 16.7. The molecular weight excluding hydrogens is 458 g/mol. The minimum atomic E-state index is -0.427. The minimum Gasteiger partial charge on any atom is -0.465 e. The summed E-state index contributed by atoms with van der Waals surface area (Å²) in [5.41, 5.74) is 7.24. The Morgan fingerprint density at radius 1 is 1.19 bits per heavy atom. The Bertz CT molecular complexity index is 1040. The lowest BCUT2D eigenvalue weighted by Crippen LogP contribution is -2.51. The molecule has 2 aromatic carbocycles. The number of morpholine rings is 1. The van der Waals surface area contributed by atoms with Gasteiger partial charge in [-0.25, -0.2) is 0 Å². The van der Waals surface area contributed by atoms with Gasteiger partial charge in [0.25, 0.3) is 10.9 Å². The third-order valence-electron chi connectivity index (χ3n) is 7.54. The van der Waals surface area contributed by atoms with Crippen LogP contribution in [-0.2, 0) is 15.9 Å². The summed E-state index contributed by atoms with van der Waals surface area (Å²) < 4.78 is 17.2. The largest absolute Gasteiger partial charge is 0.465 e. The lowest BCUT2D eigenvalue weighted by molar-refractivity contribution is -0.0548. The number of nitrogens with zero attached hydrogens (tertiary/aromatic N) is 1. The monoisotopic (exact) mass is 499 g/mol. The van der Waals surface area contributed by atoms with Gasteiger partial charge in [-0.2, -0.15) is 0 Å². The van der Waals surface area contributed by atoms with E-state index in [0.29, 0.717) is 50.0 Å². The summed E-state index contributed by atoms with van der Waals surface area (Å²) in [6.45, 7) is 4.10. The van der Waals surface area contributed by atoms with Gasteiger partial charge in [-0.15, -0.1) is 0 Å². The molecule has 3 N–H and O–H groups in total. The van der Waals surface area contributed by atoms with E-state index in [9.17, 15) is 9.59 Å². The molecule has 36 heavy (non-hydrogen) atoms. The van der Waals surface area contributed by atoms with Crippen LogP contribution in [0.4, 0.5) is 11.4 Å². The van der Waals surface area contributed by atoms with Crippen LogP contribution >= 0.6 is 0 Å². The van der Waals surface area contributed by atoms with Crippen molar-refractivity contribution in [2.24, 2.45) is 11.7 Å². The van der Waals surface area contributed by atoms with E-state index < -0.39 is 10.9 Å². The molecule has 0 bridgehead atoms. The van der Waals surface area contributed by atoms with Crippen molar-refractivity contribution in [3.05, 3.63) is 50.3 Å². The van der Waals surface area contributed by atoms with Gasteiger partial charge in [0.05, 0.1) is 12.7 Å². The number of nitrogens with two attached hydrogens (primary N) is 1. The summed E-state index contributed by atoms with van der Waals surface area (Å²) in [7, 11) is 1.64. The van der Waals surface area contributed by atoms with Crippen molar-refractivity contribution in [3.8, 4) is 5.75 Å². The second-order valence-corrected chi connectivity index (χ2v) is 10.2. The standard InChI is InChI=1S/C28H41N3O5/c1-3-24(34-2)36-22-11-7-10-20(15-22)16-23-18-31(12-13-35-23)26-25(27(32)28(26)33)30-21(17-29)14-19-8-5-4-6-9-19/h7,10-11,15,19,21,23-24,30H,3-6,8-9,12-14,16-18,29H2,1-2H3. The number of methoxy groups -OCH3 is 1. The van der Waals surface area contributed by atoms with Crippen molar-refractivity contribution < 1.29 is 14.2 Å². The minimum absolute atomic E-state index is 0.00812. The zero-order chi connectivity index (χ0) is 25.5. The number of hydrogen-bond acceptors (Lipinski definition) is 8. The predicted octanol–water partition coefficient (Wildman–Crippen LogP) is 3.20. The van der Waals surface area contributed by atoms with Crippen LogP contribution in [0.3, 0.4) is 0 Å². The van der Waals surface area contributed by atoms with Gasteiger partial charge in [0.15, 0.2) is 6.29 Å². The summed E-state index contributed by atoms with van der Waals surface area (Å²) in [6, 6.07) is 7.94. The number of hydrogen-bond donors (Lipinski definition) is 2. The molecule has 2 fully saturated rings. The zero-order valence-corrected chi connectivity index (χ0v) is 21.7. The molecule has 3 unspecified atom stereocenters. The summed E-state index contributed by atoms with van der Waals surface area (Å²) in [4.78, 5) is 27.1. The van der Waals surface area contributed by atoms with Crippen LogP contribution < -0.4 is 31.5 Å². The molecule has 0 amide bonds. The summed E-state index contributed by atoms with van der Waals surface area (Å²) in [5, 5.41) is 3.35. The van der Waals surface area contributed by atoms with E-state index >= 15 is 0 Å². The first-order valence-electron chi connectivity index (χ1n) is 13.5. The average molecular weight is 500 g/mol. The van der Waals surface area contributed by atoms with Crippen LogP contribution in [0.25, 0.3) is 0 Å². The highest BCUT2D eigenvalue weighted by Gasteiger charge is 2.31. The van der Waals surface area contributed by atoms with Gasteiger partial charge in [0.1, 0.15) is 17.1 Å². The van der Waals surface area contributed by atoms with Gasteiger partial charge in [0.2, 0.25) is 0 Å². The van der Waals surface area contributed by atoms with E-state index in [0.717, 1.165) is 24.2 Å². The molecular formula is C28H41N3O5. The Balaban J connectivity index is 1.39. The Morgan fingerprint density at radius 2 is 2.00 bits per heavy atom. The maximum atomic E-state index is 12.6. The van der Waals surface area contributed by atoms with Crippen molar-refractivity contribution in [2.75, 3.05) is 43.6 Å². The van der Waals surface area contributed by atoms with E-state index in [1.54, 1.807) is 7.11 Å². The molecule has 8 heteroatoms. The highest BCUT2D eigenvalue weighted by Crippen LogP contribution is 2.30. The molecule has 4 rings (SSSR count). The van der Waals surface area contributed by atoms with Gasteiger partial charge >= 0.3 is 0 Å². The fraction of sp³-hybridized carbons (Fsp3) is 0.643. The van der Waals surface area contributed by atoms with Crippen molar-refractivity contribution in [1.29, 1.82) is 0 Å². The summed E-state index contributed by atoms with van der Waals surface area (Å²) in [6.07, 6.45) is 8.29. The predicted molar refractivity (Wildman–Crippen MR) is 143 cm³/mol. The van der Waals surface area contributed by atoms with E-state index in [1.165, 1.54) is 32.1 Å². The molecule has 1 saturated heterocycles. The molecule has 1 aliphatic carbocycles. The van der Waals surface area contributed by atoms with Crippen molar-refractivity contribution in [3.63, 3.8) is 0 Å². The molecule has 3 atom stereocenters. The van der Waals surface area contributed by atoms with Crippen LogP contribution in [0.15, 0.2) is 33.9 Å². The zero-order valence-electron chi connectivity index (χ0n) is 21.7. The fourth-order valence-electron chi connectivity index (χ4n) is 5.56. The average Bonchev–Trinajstić information content (AvgIpc) is 2.91. The molecule has 2 aromatic rings. The molecule has 198 valence electrons. The molecule has 0 radical (unpaired) electrons. The number of rotatable bonds is 12. The first-order chi connectivity index (χ1) is 17.5. The Morgan fingerprint density at radius 3 is 2.72 bits per heavy atom. The summed E-state index contributed by atoms with van der Waals surface area (Å²) >= 11 is 0. The van der Waals surface area contributed by atoms with Gasteiger partial charge in [-0.05, 0) is 30.0 Å². The van der Waals surface area contributed by atoms with Crippen LogP contribution in [0.5, 0.6) is 5.75 Å². The number of ether oxygens (including phenoxy) is 3. The lowest BCUT2D eigenvalue weighted by atomic mass is 9.84. The first-order valence-corrected chi connectivity index (χ1v) is 13.5. The van der Waals surface area contributed by atoms with E-state index in [1.807, 2.05) is 36.1 Å². The molecule has 1 aliphatic heterocycles. The van der Waals surface area contributed by atoms with Crippen LogP contribution in [0.1, 0.15) is 57.4 Å². The number of benzene rings is 1. The maximum Gasteiger partial charge on any atom is 0.253 e. The second-order valence-electron chi connectivity index (χ2n) is 10.2. The summed E-state index contributed by atoms with van der Waals surface area (Å²) in [5.74, 6) is 1.40. The molecule has 8 nitrogen and oxygen atoms in total. The van der Waals surface area contributed by atoms with Crippen LogP contribution in [0, 0.1) is 5.92 Å². The highest BCUT2D eigenvalue weighted by molar-refractivity contribution is 5.75. The Kier molecular flexibility index (Phi) is 9.40. The third kappa shape index (κ3) is 6.47. The smallest absolute Gasteiger partial charge is 0.253 e. The normalized spacial score (nSPS) is 20.9. The Hall–Kier alpha value is -2.42. The molecule has 0 aromatic heterocycles. The topological polar surface area (TPSA) is 103 Å². The van der Waals surface area contributed by atoms with E-state index in [-0.39, 0.29) is 18.4 Å². The SMILES string of the molecule is CCC(OC)Oc1cccc(CC2CN(c3c(NC(CN)CC4CCCCC4)c(=O)c3=O)CCO2)c1. The third-order valence-corrected chi connectivity index (χ3v) is 7.54. The Labute approximate surface area is 213 Å². The number of anilines is 2.